The van der Waals surface area contributed by atoms with E-state index in [1.807, 2.05) is 5.38 Å². The molecule has 0 spiro atoms. The highest BCUT2D eigenvalue weighted by molar-refractivity contribution is 7.16. The zero-order valence-electron chi connectivity index (χ0n) is 9.02. The number of rotatable bonds is 1. The second-order valence-corrected chi connectivity index (χ2v) is 4.57. The van der Waals surface area contributed by atoms with Crippen molar-refractivity contribution in [3.63, 3.8) is 0 Å². The van der Waals surface area contributed by atoms with Gasteiger partial charge in [-0.1, -0.05) is 6.07 Å². The lowest BCUT2D eigenvalue weighted by molar-refractivity contribution is 0.510. The molecule has 0 aliphatic carbocycles. The van der Waals surface area contributed by atoms with Crippen LogP contribution in [-0.2, 0) is 0 Å². The molecule has 0 fully saturated rings. The Morgan fingerprint density at radius 2 is 1.94 bits per heavy atom. The monoisotopic (exact) mass is 263 g/mol. The van der Waals surface area contributed by atoms with Crippen LogP contribution in [0.15, 0.2) is 29.6 Å². The minimum atomic E-state index is -0.965. The number of nitrogens with zero attached hydrogens (tertiary/aromatic N) is 2. The number of aromatic nitrogens is 2. The molecule has 0 radical (unpaired) electrons. The number of nitrogens with two attached hydrogens (primary N) is 1. The predicted octanol–water partition coefficient (Wildman–Crippen LogP) is 3.22. The number of benzene rings is 1. The molecule has 0 aliphatic rings. The van der Waals surface area contributed by atoms with Crippen LogP contribution in [-0.4, -0.2) is 9.97 Å². The quantitative estimate of drug-likeness (QED) is 0.733. The standard InChI is InChI=1S/C12H7F2N3S/c13-8-3-1-2-6(9(8)14)11-16-10(15)7-4-5-18-12(7)17-11/h1-5H,(H2,15,16,17). The zero-order valence-corrected chi connectivity index (χ0v) is 9.84. The van der Waals surface area contributed by atoms with Crippen LogP contribution in [0.25, 0.3) is 21.6 Å². The summed E-state index contributed by atoms with van der Waals surface area (Å²) in [6, 6.07) is 5.67. The molecule has 0 saturated heterocycles. The molecule has 0 saturated carbocycles. The molecular formula is C12H7F2N3S. The summed E-state index contributed by atoms with van der Waals surface area (Å²) >= 11 is 1.37. The van der Waals surface area contributed by atoms with Gasteiger partial charge in [0.05, 0.1) is 10.9 Å². The van der Waals surface area contributed by atoms with Gasteiger partial charge in [-0.15, -0.1) is 11.3 Å². The van der Waals surface area contributed by atoms with Crippen LogP contribution in [0.3, 0.4) is 0 Å². The molecule has 2 N–H and O–H groups in total. The number of thiophene rings is 1. The van der Waals surface area contributed by atoms with Gasteiger partial charge in [-0.3, -0.25) is 0 Å². The van der Waals surface area contributed by atoms with Crippen molar-refractivity contribution in [2.24, 2.45) is 0 Å². The second-order valence-electron chi connectivity index (χ2n) is 3.67. The molecule has 0 unspecified atom stereocenters. The van der Waals surface area contributed by atoms with Crippen molar-refractivity contribution in [1.82, 2.24) is 9.97 Å². The summed E-state index contributed by atoms with van der Waals surface area (Å²) in [6.45, 7) is 0. The van der Waals surface area contributed by atoms with E-state index in [9.17, 15) is 8.78 Å². The fourth-order valence-corrected chi connectivity index (χ4v) is 2.45. The van der Waals surface area contributed by atoms with Crippen LogP contribution in [0.4, 0.5) is 14.6 Å². The van der Waals surface area contributed by atoms with Crippen molar-refractivity contribution in [3.8, 4) is 11.4 Å². The maximum absolute atomic E-state index is 13.7. The summed E-state index contributed by atoms with van der Waals surface area (Å²) in [7, 11) is 0. The first-order valence-corrected chi connectivity index (χ1v) is 6.00. The van der Waals surface area contributed by atoms with E-state index in [2.05, 4.69) is 9.97 Å². The largest absolute Gasteiger partial charge is 0.383 e. The number of nitrogen functional groups attached to an aromatic ring is 1. The molecule has 2 heterocycles. The molecule has 0 bridgehead atoms. The number of halogens is 2. The Balaban J connectivity index is 2.28. The molecule has 3 aromatic rings. The normalized spacial score (nSPS) is 11.0. The Bertz CT molecular complexity index is 739. The molecule has 3 nitrogen and oxygen atoms in total. The van der Waals surface area contributed by atoms with Crippen LogP contribution in [0, 0.1) is 11.6 Å². The fraction of sp³-hybridized carbons (Fsp3) is 0. The third kappa shape index (κ3) is 1.62. The van der Waals surface area contributed by atoms with Crippen molar-refractivity contribution < 1.29 is 8.78 Å². The van der Waals surface area contributed by atoms with Crippen LogP contribution in [0.5, 0.6) is 0 Å². The Hall–Kier alpha value is -2.08. The second kappa shape index (κ2) is 3.99. The lowest BCUT2D eigenvalue weighted by Crippen LogP contribution is -1.98. The van der Waals surface area contributed by atoms with Crippen molar-refractivity contribution in [1.29, 1.82) is 0 Å². The highest BCUT2D eigenvalue weighted by Crippen LogP contribution is 2.28. The summed E-state index contributed by atoms with van der Waals surface area (Å²) < 4.78 is 26.8. The summed E-state index contributed by atoms with van der Waals surface area (Å²) in [4.78, 5) is 8.86. The van der Waals surface area contributed by atoms with Crippen LogP contribution >= 0.6 is 11.3 Å². The Kier molecular flexibility index (Phi) is 2.45. The van der Waals surface area contributed by atoms with Crippen molar-refractivity contribution in [3.05, 3.63) is 41.3 Å². The van der Waals surface area contributed by atoms with Gasteiger partial charge in [0.2, 0.25) is 0 Å². The predicted molar refractivity (Wildman–Crippen MR) is 67.2 cm³/mol. The molecule has 0 aliphatic heterocycles. The van der Waals surface area contributed by atoms with E-state index in [1.54, 1.807) is 6.07 Å². The number of hydrogen-bond donors (Lipinski definition) is 1. The highest BCUT2D eigenvalue weighted by atomic mass is 32.1. The molecule has 2 aromatic heterocycles. The molecular weight excluding hydrogens is 256 g/mol. The molecule has 90 valence electrons. The van der Waals surface area contributed by atoms with E-state index in [-0.39, 0.29) is 17.2 Å². The maximum Gasteiger partial charge on any atom is 0.169 e. The van der Waals surface area contributed by atoms with Crippen LogP contribution in [0.1, 0.15) is 0 Å². The van der Waals surface area contributed by atoms with Gasteiger partial charge in [-0.25, -0.2) is 18.7 Å². The zero-order chi connectivity index (χ0) is 12.7. The van der Waals surface area contributed by atoms with Gasteiger partial charge in [0.15, 0.2) is 17.5 Å². The summed E-state index contributed by atoms with van der Waals surface area (Å²) in [5.41, 5.74) is 5.78. The lowest BCUT2D eigenvalue weighted by atomic mass is 10.2. The number of fused-ring (bicyclic) bond motifs is 1. The average Bonchev–Trinajstić information content (AvgIpc) is 2.81. The first kappa shape index (κ1) is 11.0. The molecule has 1 aromatic carbocycles. The lowest BCUT2D eigenvalue weighted by Gasteiger charge is -2.04. The van der Waals surface area contributed by atoms with Crippen molar-refractivity contribution in [2.45, 2.75) is 0 Å². The Labute approximate surface area is 105 Å². The number of anilines is 1. The smallest absolute Gasteiger partial charge is 0.169 e. The SMILES string of the molecule is Nc1nc(-c2cccc(F)c2F)nc2sccc12. The number of hydrogen-bond acceptors (Lipinski definition) is 4. The molecule has 0 atom stereocenters. The first-order chi connectivity index (χ1) is 8.66. The van der Waals surface area contributed by atoms with Gasteiger partial charge in [0.25, 0.3) is 0 Å². The van der Waals surface area contributed by atoms with Gasteiger partial charge in [-0.05, 0) is 23.6 Å². The summed E-state index contributed by atoms with van der Waals surface area (Å²) in [6.07, 6.45) is 0. The van der Waals surface area contributed by atoms with Gasteiger partial charge in [0.1, 0.15) is 10.6 Å². The molecule has 0 amide bonds. The molecule has 3 rings (SSSR count). The fourth-order valence-electron chi connectivity index (χ4n) is 1.68. The topological polar surface area (TPSA) is 51.8 Å². The minimum Gasteiger partial charge on any atom is -0.383 e. The van der Waals surface area contributed by atoms with Gasteiger partial charge in [-0.2, -0.15) is 0 Å². The van der Waals surface area contributed by atoms with Crippen molar-refractivity contribution >= 4 is 27.4 Å². The Morgan fingerprint density at radius 1 is 1.11 bits per heavy atom. The third-order valence-electron chi connectivity index (χ3n) is 2.55. The first-order valence-electron chi connectivity index (χ1n) is 5.12. The van der Waals surface area contributed by atoms with E-state index >= 15 is 0 Å². The van der Waals surface area contributed by atoms with E-state index in [1.165, 1.54) is 23.5 Å². The van der Waals surface area contributed by atoms with Gasteiger partial charge >= 0.3 is 0 Å². The summed E-state index contributed by atoms with van der Waals surface area (Å²) in [5, 5.41) is 2.54. The van der Waals surface area contributed by atoms with E-state index in [0.717, 1.165) is 11.5 Å². The highest BCUT2D eigenvalue weighted by Gasteiger charge is 2.14. The van der Waals surface area contributed by atoms with Crippen molar-refractivity contribution in [2.75, 3.05) is 5.73 Å². The van der Waals surface area contributed by atoms with Gasteiger partial charge in [0, 0.05) is 0 Å². The van der Waals surface area contributed by atoms with E-state index < -0.39 is 11.6 Å². The van der Waals surface area contributed by atoms with Crippen LogP contribution in [0.2, 0.25) is 0 Å². The molecule has 6 heteroatoms. The maximum atomic E-state index is 13.7. The minimum absolute atomic E-state index is 0.0111. The van der Waals surface area contributed by atoms with E-state index in [0.29, 0.717) is 4.83 Å². The van der Waals surface area contributed by atoms with Crippen LogP contribution < -0.4 is 5.73 Å². The molecule has 18 heavy (non-hydrogen) atoms. The summed E-state index contributed by atoms with van der Waals surface area (Å²) in [5.74, 6) is -1.53. The third-order valence-corrected chi connectivity index (χ3v) is 3.35. The van der Waals surface area contributed by atoms with E-state index in [4.69, 9.17) is 5.73 Å². The van der Waals surface area contributed by atoms with Gasteiger partial charge < -0.3 is 5.73 Å². The Morgan fingerprint density at radius 3 is 2.78 bits per heavy atom. The average molecular weight is 263 g/mol.